The van der Waals surface area contributed by atoms with Crippen LogP contribution in [0.2, 0.25) is 0 Å². The van der Waals surface area contributed by atoms with Crippen molar-refractivity contribution in [1.29, 1.82) is 0 Å². The molecule has 4 rings (SSSR count). The van der Waals surface area contributed by atoms with Crippen molar-refractivity contribution in [1.82, 2.24) is 9.97 Å². The van der Waals surface area contributed by atoms with Crippen molar-refractivity contribution in [2.45, 2.75) is 31.7 Å². The number of hydrogen-bond donors (Lipinski definition) is 1. The molecule has 1 unspecified atom stereocenters. The second-order valence-electron chi connectivity index (χ2n) is 5.99. The highest BCUT2D eigenvalue weighted by atomic mass is 16.5. The van der Waals surface area contributed by atoms with Crippen LogP contribution in [-0.2, 0) is 0 Å². The van der Waals surface area contributed by atoms with Crippen LogP contribution in [-0.4, -0.2) is 17.1 Å². The minimum absolute atomic E-state index is 0.0937. The standard InChI is InChI=1S/C18H19N3O2/c1-11(14-7-8-19-10-17(14)22-2)20-13-5-6-15-16(9-13)23-18(21-15)12-3-4-12/h5-12,20H,3-4H2,1-2H3. The number of hydrogen-bond acceptors (Lipinski definition) is 5. The van der Waals surface area contributed by atoms with Crippen molar-refractivity contribution in [3.8, 4) is 5.75 Å². The molecule has 1 N–H and O–H groups in total. The molecule has 1 aromatic carbocycles. The van der Waals surface area contributed by atoms with E-state index in [9.17, 15) is 0 Å². The van der Waals surface area contributed by atoms with Gasteiger partial charge in [0.25, 0.3) is 0 Å². The molecule has 118 valence electrons. The number of aromatic nitrogens is 2. The average molecular weight is 309 g/mol. The van der Waals surface area contributed by atoms with Crippen molar-refractivity contribution in [3.63, 3.8) is 0 Å². The Balaban J connectivity index is 1.59. The molecule has 2 aromatic heterocycles. The highest BCUT2D eigenvalue weighted by molar-refractivity contribution is 5.77. The summed E-state index contributed by atoms with van der Waals surface area (Å²) < 4.78 is 11.3. The summed E-state index contributed by atoms with van der Waals surface area (Å²) >= 11 is 0. The van der Waals surface area contributed by atoms with E-state index in [0.717, 1.165) is 34.0 Å². The molecule has 1 atom stereocenters. The Labute approximate surface area is 134 Å². The molecule has 3 aromatic rings. The number of ether oxygens (including phenoxy) is 1. The van der Waals surface area contributed by atoms with Gasteiger partial charge in [-0.3, -0.25) is 4.98 Å². The topological polar surface area (TPSA) is 60.2 Å². The van der Waals surface area contributed by atoms with Crippen LogP contribution >= 0.6 is 0 Å². The first-order chi connectivity index (χ1) is 11.2. The summed E-state index contributed by atoms with van der Waals surface area (Å²) in [5, 5.41) is 3.48. The summed E-state index contributed by atoms with van der Waals surface area (Å²) in [7, 11) is 1.66. The maximum Gasteiger partial charge on any atom is 0.198 e. The van der Waals surface area contributed by atoms with Crippen LogP contribution in [0.15, 0.2) is 41.1 Å². The fourth-order valence-electron chi connectivity index (χ4n) is 2.78. The Hall–Kier alpha value is -2.56. The van der Waals surface area contributed by atoms with Gasteiger partial charge in [0.1, 0.15) is 11.3 Å². The number of rotatable bonds is 5. The van der Waals surface area contributed by atoms with Crippen LogP contribution in [0.5, 0.6) is 5.75 Å². The molecule has 1 fully saturated rings. The van der Waals surface area contributed by atoms with Crippen LogP contribution < -0.4 is 10.1 Å². The van der Waals surface area contributed by atoms with Crippen molar-refractivity contribution in [2.75, 3.05) is 12.4 Å². The number of fused-ring (bicyclic) bond motifs is 1. The SMILES string of the molecule is COc1cnccc1C(C)Nc1ccc2nc(C3CC3)oc2c1. The van der Waals surface area contributed by atoms with E-state index in [1.807, 2.05) is 24.3 Å². The van der Waals surface area contributed by atoms with Gasteiger partial charge in [0.15, 0.2) is 11.5 Å². The number of anilines is 1. The second-order valence-corrected chi connectivity index (χ2v) is 5.99. The molecule has 1 aliphatic carbocycles. The molecule has 2 heterocycles. The third-order valence-electron chi connectivity index (χ3n) is 4.22. The molecule has 0 bridgehead atoms. The fraction of sp³-hybridized carbons (Fsp3) is 0.333. The van der Waals surface area contributed by atoms with Crippen LogP contribution in [0.3, 0.4) is 0 Å². The van der Waals surface area contributed by atoms with Crippen LogP contribution in [0.4, 0.5) is 5.69 Å². The summed E-state index contributed by atoms with van der Waals surface area (Å²) in [6.07, 6.45) is 5.89. The van der Waals surface area contributed by atoms with Crippen molar-refractivity contribution < 1.29 is 9.15 Å². The van der Waals surface area contributed by atoms with E-state index in [1.165, 1.54) is 12.8 Å². The molecular weight excluding hydrogens is 290 g/mol. The number of nitrogens with zero attached hydrogens (tertiary/aromatic N) is 2. The Morgan fingerprint density at radius 2 is 2.17 bits per heavy atom. The lowest BCUT2D eigenvalue weighted by molar-refractivity contribution is 0.406. The highest BCUT2D eigenvalue weighted by Gasteiger charge is 2.28. The maximum absolute atomic E-state index is 5.88. The summed E-state index contributed by atoms with van der Waals surface area (Å²) in [6, 6.07) is 8.11. The first-order valence-corrected chi connectivity index (χ1v) is 7.89. The normalized spacial score (nSPS) is 15.6. The molecule has 23 heavy (non-hydrogen) atoms. The molecular formula is C18H19N3O2. The summed E-state index contributed by atoms with van der Waals surface area (Å²) in [5.74, 6) is 2.18. The van der Waals surface area contributed by atoms with Crippen LogP contribution in [0.1, 0.15) is 43.2 Å². The van der Waals surface area contributed by atoms with Crippen LogP contribution in [0, 0.1) is 0 Å². The Morgan fingerprint density at radius 3 is 2.96 bits per heavy atom. The lowest BCUT2D eigenvalue weighted by atomic mass is 10.1. The molecule has 1 aliphatic rings. The molecule has 1 saturated carbocycles. The van der Waals surface area contributed by atoms with E-state index >= 15 is 0 Å². The molecule has 5 nitrogen and oxygen atoms in total. The number of oxazole rings is 1. The van der Waals surface area contributed by atoms with E-state index < -0.39 is 0 Å². The summed E-state index contributed by atoms with van der Waals surface area (Å²) in [5.41, 5.74) is 3.83. The van der Waals surface area contributed by atoms with E-state index in [4.69, 9.17) is 9.15 Å². The third kappa shape index (κ3) is 2.74. The fourth-order valence-corrected chi connectivity index (χ4v) is 2.78. The number of nitrogens with one attached hydrogen (secondary N) is 1. The molecule has 0 radical (unpaired) electrons. The predicted molar refractivity (Wildman–Crippen MR) is 88.8 cm³/mol. The molecule has 0 amide bonds. The highest BCUT2D eigenvalue weighted by Crippen LogP contribution is 2.40. The van der Waals surface area contributed by atoms with E-state index in [0.29, 0.717) is 5.92 Å². The molecule has 5 heteroatoms. The molecule has 0 aliphatic heterocycles. The van der Waals surface area contributed by atoms with E-state index in [2.05, 4.69) is 22.2 Å². The number of pyridine rings is 1. The first-order valence-electron chi connectivity index (χ1n) is 7.89. The Bertz CT molecular complexity index is 839. The Kier molecular flexibility index (Phi) is 3.41. The van der Waals surface area contributed by atoms with Gasteiger partial charge in [-0.25, -0.2) is 4.98 Å². The van der Waals surface area contributed by atoms with Gasteiger partial charge < -0.3 is 14.5 Å². The van der Waals surface area contributed by atoms with Gasteiger partial charge in [0.05, 0.1) is 19.3 Å². The lowest BCUT2D eigenvalue weighted by Gasteiger charge is -2.17. The van der Waals surface area contributed by atoms with E-state index in [-0.39, 0.29) is 6.04 Å². The van der Waals surface area contributed by atoms with Crippen molar-refractivity contribution >= 4 is 16.8 Å². The van der Waals surface area contributed by atoms with Crippen molar-refractivity contribution in [2.24, 2.45) is 0 Å². The zero-order valence-electron chi connectivity index (χ0n) is 13.2. The quantitative estimate of drug-likeness (QED) is 0.762. The first kappa shape index (κ1) is 14.1. The van der Waals surface area contributed by atoms with Crippen LogP contribution in [0.25, 0.3) is 11.1 Å². The monoisotopic (exact) mass is 309 g/mol. The van der Waals surface area contributed by atoms with Gasteiger partial charge in [0, 0.05) is 29.4 Å². The maximum atomic E-state index is 5.88. The van der Waals surface area contributed by atoms with Gasteiger partial charge in [0.2, 0.25) is 0 Å². The number of methoxy groups -OCH3 is 1. The third-order valence-corrected chi connectivity index (χ3v) is 4.22. The van der Waals surface area contributed by atoms with Gasteiger partial charge in [-0.15, -0.1) is 0 Å². The van der Waals surface area contributed by atoms with Crippen molar-refractivity contribution in [3.05, 3.63) is 48.1 Å². The van der Waals surface area contributed by atoms with Gasteiger partial charge >= 0.3 is 0 Å². The van der Waals surface area contributed by atoms with Gasteiger partial charge in [-0.05, 0) is 38.0 Å². The molecule has 0 spiro atoms. The van der Waals surface area contributed by atoms with E-state index in [1.54, 1.807) is 19.5 Å². The minimum Gasteiger partial charge on any atom is -0.495 e. The lowest BCUT2D eigenvalue weighted by Crippen LogP contribution is -2.08. The van der Waals surface area contributed by atoms with Gasteiger partial charge in [-0.1, -0.05) is 0 Å². The predicted octanol–water partition coefficient (Wildman–Crippen LogP) is 4.28. The average Bonchev–Trinajstić information content (AvgIpc) is 3.34. The molecule has 0 saturated heterocycles. The number of benzene rings is 1. The summed E-state index contributed by atoms with van der Waals surface area (Å²) in [6.45, 7) is 2.10. The zero-order chi connectivity index (χ0) is 15.8. The van der Waals surface area contributed by atoms with Gasteiger partial charge in [-0.2, -0.15) is 0 Å². The largest absolute Gasteiger partial charge is 0.495 e. The second kappa shape index (κ2) is 5.57. The Morgan fingerprint density at radius 1 is 1.30 bits per heavy atom. The minimum atomic E-state index is 0.0937. The zero-order valence-corrected chi connectivity index (χ0v) is 13.2. The summed E-state index contributed by atoms with van der Waals surface area (Å²) in [4.78, 5) is 8.65. The smallest absolute Gasteiger partial charge is 0.198 e.